The highest BCUT2D eigenvalue weighted by atomic mass is 35.5. The van der Waals surface area contributed by atoms with Gasteiger partial charge in [-0.2, -0.15) is 0 Å². The topological polar surface area (TPSA) is 71.5 Å². The second-order valence-corrected chi connectivity index (χ2v) is 11.3. The Morgan fingerprint density at radius 1 is 1.12 bits per heavy atom. The summed E-state index contributed by atoms with van der Waals surface area (Å²) in [5, 5.41) is 0.623. The van der Waals surface area contributed by atoms with E-state index < -0.39 is 5.60 Å². The van der Waals surface area contributed by atoms with Crippen molar-refractivity contribution < 1.29 is 23.8 Å². The van der Waals surface area contributed by atoms with Crippen molar-refractivity contribution in [3.05, 3.63) is 33.8 Å². The highest BCUT2D eigenvalue weighted by molar-refractivity contribution is 6.30. The van der Waals surface area contributed by atoms with E-state index in [0.29, 0.717) is 64.1 Å². The van der Waals surface area contributed by atoms with Crippen LogP contribution >= 0.6 is 11.6 Å². The zero-order valence-corrected chi connectivity index (χ0v) is 21.6. The van der Waals surface area contributed by atoms with Gasteiger partial charge in [-0.25, -0.2) is 9.59 Å². The molecule has 3 aliphatic rings. The normalized spacial score (nSPS) is 22.9. The molecule has 3 aliphatic heterocycles. The van der Waals surface area contributed by atoms with E-state index in [2.05, 4.69) is 0 Å². The Morgan fingerprint density at radius 2 is 1.85 bits per heavy atom. The van der Waals surface area contributed by atoms with E-state index in [1.165, 1.54) is 0 Å². The van der Waals surface area contributed by atoms with E-state index in [-0.39, 0.29) is 23.7 Å². The highest BCUT2D eigenvalue weighted by Gasteiger charge is 2.39. The lowest BCUT2D eigenvalue weighted by Crippen LogP contribution is -2.59. The van der Waals surface area contributed by atoms with Gasteiger partial charge in [0, 0.05) is 31.2 Å². The summed E-state index contributed by atoms with van der Waals surface area (Å²) in [6.45, 7) is 13.6. The average Bonchev–Trinajstić information content (AvgIpc) is 2.76. The third-order valence-corrected chi connectivity index (χ3v) is 6.82. The van der Waals surface area contributed by atoms with Gasteiger partial charge in [0.15, 0.2) is 0 Å². The number of rotatable bonds is 1. The number of carbonyl (C=O) groups excluding carboxylic acids is 2. The Kier molecular flexibility index (Phi) is 7.04. The van der Waals surface area contributed by atoms with Crippen LogP contribution < -0.4 is 0 Å². The van der Waals surface area contributed by atoms with Crippen molar-refractivity contribution >= 4 is 23.7 Å². The third kappa shape index (κ3) is 5.29. The average molecular weight is 494 g/mol. The summed E-state index contributed by atoms with van der Waals surface area (Å²) in [5.74, 6) is 0. The fraction of sp³-hybridized carbons (Fsp3) is 0.680. The van der Waals surface area contributed by atoms with Crippen LogP contribution in [0.5, 0.6) is 0 Å². The minimum absolute atomic E-state index is 0.0174. The van der Waals surface area contributed by atoms with Crippen molar-refractivity contribution in [2.45, 2.75) is 64.8 Å². The number of morpholine rings is 2. The van der Waals surface area contributed by atoms with Gasteiger partial charge < -0.3 is 24.0 Å². The Hall–Kier alpha value is -2.03. The molecule has 0 unspecified atom stereocenters. The fourth-order valence-corrected chi connectivity index (χ4v) is 5.15. The first-order valence-electron chi connectivity index (χ1n) is 12.0. The molecule has 0 bridgehead atoms. The van der Waals surface area contributed by atoms with Crippen LogP contribution in [0.1, 0.15) is 57.4 Å². The zero-order chi connectivity index (χ0) is 24.7. The number of ether oxygens (including phenoxy) is 3. The smallest absolute Gasteiger partial charge is 0.410 e. The first-order valence-corrected chi connectivity index (χ1v) is 12.4. The van der Waals surface area contributed by atoms with Crippen LogP contribution in [0.2, 0.25) is 5.02 Å². The molecule has 3 heterocycles. The Morgan fingerprint density at radius 3 is 2.56 bits per heavy atom. The quantitative estimate of drug-likeness (QED) is 0.585. The van der Waals surface area contributed by atoms with Crippen molar-refractivity contribution in [2.75, 3.05) is 46.1 Å². The lowest BCUT2D eigenvalue weighted by molar-refractivity contribution is -0.0367. The maximum Gasteiger partial charge on any atom is 0.410 e. The van der Waals surface area contributed by atoms with E-state index >= 15 is 0 Å². The number of amides is 3. The maximum absolute atomic E-state index is 13.5. The predicted octanol–water partition coefficient (Wildman–Crippen LogP) is 4.24. The summed E-state index contributed by atoms with van der Waals surface area (Å²) in [6, 6.07) is 3.57. The largest absolute Gasteiger partial charge is 0.444 e. The van der Waals surface area contributed by atoms with Gasteiger partial charge in [0.25, 0.3) is 0 Å². The second kappa shape index (κ2) is 9.55. The SMILES string of the molecule is CC(C)(C)OC(=O)N1CCOC[C@H]1c1cc(Cl)cc2c1CN(C(=O)N1CCOCC1(C)C)CC2. The van der Waals surface area contributed by atoms with Crippen LogP contribution in [0.25, 0.3) is 0 Å². The molecule has 0 radical (unpaired) electrons. The summed E-state index contributed by atoms with van der Waals surface area (Å²) < 4.78 is 17.1. The van der Waals surface area contributed by atoms with Gasteiger partial charge in [-0.15, -0.1) is 0 Å². The van der Waals surface area contributed by atoms with Crippen molar-refractivity contribution in [3.63, 3.8) is 0 Å². The molecular weight excluding hydrogens is 458 g/mol. The minimum atomic E-state index is -0.595. The van der Waals surface area contributed by atoms with E-state index in [1.54, 1.807) is 4.90 Å². The van der Waals surface area contributed by atoms with Gasteiger partial charge in [0.05, 0.1) is 38.0 Å². The molecular formula is C25H36ClN3O5. The summed E-state index contributed by atoms with van der Waals surface area (Å²) >= 11 is 6.51. The van der Waals surface area contributed by atoms with Crippen LogP contribution in [0, 0.1) is 0 Å². The number of fused-ring (bicyclic) bond motifs is 1. The molecule has 0 saturated carbocycles. The predicted molar refractivity (Wildman–Crippen MR) is 129 cm³/mol. The number of nitrogens with zero attached hydrogens (tertiary/aromatic N) is 3. The summed E-state index contributed by atoms with van der Waals surface area (Å²) in [5.41, 5.74) is 2.12. The molecule has 9 heteroatoms. The molecule has 4 rings (SSSR count). The van der Waals surface area contributed by atoms with Gasteiger partial charge >= 0.3 is 12.1 Å². The van der Waals surface area contributed by atoms with Crippen LogP contribution in [-0.2, 0) is 27.2 Å². The van der Waals surface area contributed by atoms with Crippen LogP contribution in [0.4, 0.5) is 9.59 Å². The summed E-state index contributed by atoms with van der Waals surface area (Å²) in [4.78, 5) is 32.1. The summed E-state index contributed by atoms with van der Waals surface area (Å²) in [6.07, 6.45) is 0.340. The van der Waals surface area contributed by atoms with Crippen molar-refractivity contribution in [3.8, 4) is 0 Å². The van der Waals surface area contributed by atoms with Crippen LogP contribution in [0.3, 0.4) is 0 Å². The molecule has 1 atom stereocenters. The Labute approximate surface area is 207 Å². The number of halogens is 1. The number of carbonyl (C=O) groups is 2. The highest BCUT2D eigenvalue weighted by Crippen LogP contribution is 2.36. The van der Waals surface area contributed by atoms with E-state index in [0.717, 1.165) is 16.7 Å². The lowest BCUT2D eigenvalue weighted by Gasteiger charge is -2.45. The Bertz CT molecular complexity index is 945. The molecule has 34 heavy (non-hydrogen) atoms. The molecule has 2 saturated heterocycles. The minimum Gasteiger partial charge on any atom is -0.444 e. The van der Waals surface area contributed by atoms with Gasteiger partial charge in [0.2, 0.25) is 0 Å². The molecule has 188 valence electrons. The van der Waals surface area contributed by atoms with Crippen molar-refractivity contribution in [1.29, 1.82) is 0 Å². The second-order valence-electron chi connectivity index (χ2n) is 10.9. The van der Waals surface area contributed by atoms with Gasteiger partial charge in [0.1, 0.15) is 5.60 Å². The number of urea groups is 1. The van der Waals surface area contributed by atoms with E-state index in [9.17, 15) is 9.59 Å². The first-order chi connectivity index (χ1) is 16.0. The monoisotopic (exact) mass is 493 g/mol. The van der Waals surface area contributed by atoms with E-state index in [1.807, 2.05) is 56.6 Å². The number of benzene rings is 1. The van der Waals surface area contributed by atoms with Gasteiger partial charge in [-0.1, -0.05) is 11.6 Å². The van der Waals surface area contributed by atoms with Crippen molar-refractivity contribution in [1.82, 2.24) is 14.7 Å². The lowest BCUT2D eigenvalue weighted by atomic mass is 9.90. The molecule has 0 spiro atoms. The molecule has 2 fully saturated rings. The van der Waals surface area contributed by atoms with Gasteiger partial charge in [-0.05, 0) is 69.9 Å². The summed E-state index contributed by atoms with van der Waals surface area (Å²) in [7, 11) is 0. The van der Waals surface area contributed by atoms with E-state index in [4.69, 9.17) is 25.8 Å². The fourth-order valence-electron chi connectivity index (χ4n) is 4.90. The first kappa shape index (κ1) is 25.1. The number of hydrogen-bond acceptors (Lipinski definition) is 5. The molecule has 8 nitrogen and oxygen atoms in total. The third-order valence-electron chi connectivity index (χ3n) is 6.60. The number of hydrogen-bond donors (Lipinski definition) is 0. The van der Waals surface area contributed by atoms with Gasteiger partial charge in [-0.3, -0.25) is 4.90 Å². The standard InChI is InChI=1S/C25H36ClN3O5/c1-24(2,3)34-23(31)28-8-10-32-15-21(28)19-13-18(26)12-17-6-7-27(14-20(17)19)22(30)29-9-11-33-16-25(29,4)5/h12-13,21H,6-11,14-16H2,1-5H3/t21-/m0/s1. The van der Waals surface area contributed by atoms with Crippen LogP contribution in [-0.4, -0.2) is 84.0 Å². The molecule has 0 aromatic heterocycles. The molecule has 0 aliphatic carbocycles. The molecule has 1 aromatic rings. The Balaban J connectivity index is 1.63. The van der Waals surface area contributed by atoms with Crippen molar-refractivity contribution in [2.24, 2.45) is 0 Å². The molecule has 1 aromatic carbocycles. The molecule has 0 N–H and O–H groups in total. The van der Waals surface area contributed by atoms with Crippen LogP contribution in [0.15, 0.2) is 12.1 Å². The molecule has 3 amide bonds. The maximum atomic E-state index is 13.5. The zero-order valence-electron chi connectivity index (χ0n) is 20.9.